The predicted molar refractivity (Wildman–Crippen MR) is 114 cm³/mol. The van der Waals surface area contributed by atoms with Crippen LogP contribution in [0.2, 0.25) is 0 Å². The molecule has 154 valence electrons. The number of anilines is 1. The molecule has 0 saturated heterocycles. The van der Waals surface area contributed by atoms with E-state index in [-0.39, 0.29) is 17.9 Å². The van der Waals surface area contributed by atoms with Crippen LogP contribution in [0.4, 0.5) is 5.69 Å². The van der Waals surface area contributed by atoms with E-state index in [1.807, 2.05) is 12.1 Å². The second kappa shape index (κ2) is 10.1. The number of rotatable bonds is 10. The van der Waals surface area contributed by atoms with Gasteiger partial charge in [0.1, 0.15) is 6.54 Å². The second-order valence-electron chi connectivity index (χ2n) is 8.29. The molecule has 1 N–H and O–H groups in total. The summed E-state index contributed by atoms with van der Waals surface area (Å²) in [4.78, 5) is 12.4. The summed E-state index contributed by atoms with van der Waals surface area (Å²) < 4.78 is 25.6. The fourth-order valence-electron chi connectivity index (χ4n) is 2.92. The fourth-order valence-corrected chi connectivity index (χ4v) is 3.77. The molecule has 0 aromatic heterocycles. The van der Waals surface area contributed by atoms with Crippen molar-refractivity contribution < 1.29 is 13.2 Å². The van der Waals surface area contributed by atoms with Gasteiger partial charge in [0.25, 0.3) is 0 Å². The Bertz CT molecular complexity index is 691. The lowest BCUT2D eigenvalue weighted by Crippen LogP contribution is -2.41. The Morgan fingerprint density at radius 2 is 1.74 bits per heavy atom. The van der Waals surface area contributed by atoms with Gasteiger partial charge in [-0.05, 0) is 35.4 Å². The summed E-state index contributed by atoms with van der Waals surface area (Å²) in [6.45, 7) is 11.0. The van der Waals surface area contributed by atoms with Crippen LogP contribution in [-0.2, 0) is 20.2 Å². The van der Waals surface area contributed by atoms with Crippen LogP contribution in [0.5, 0.6) is 0 Å². The maximum Gasteiger partial charge on any atom is 0.240 e. The van der Waals surface area contributed by atoms with Crippen LogP contribution in [0.25, 0.3) is 0 Å². The van der Waals surface area contributed by atoms with Gasteiger partial charge in [-0.15, -0.1) is 0 Å². The van der Waals surface area contributed by atoms with E-state index in [4.69, 9.17) is 0 Å². The molecule has 6 heteroatoms. The Morgan fingerprint density at radius 3 is 2.19 bits per heavy atom. The molecule has 0 aliphatic rings. The number of benzene rings is 1. The molecule has 5 nitrogen and oxygen atoms in total. The lowest BCUT2D eigenvalue weighted by Gasteiger charge is -2.24. The third-order valence-corrected chi connectivity index (χ3v) is 5.98. The van der Waals surface area contributed by atoms with E-state index in [0.717, 1.165) is 37.5 Å². The Balaban J connectivity index is 2.83. The summed E-state index contributed by atoms with van der Waals surface area (Å²) in [5.74, 6) is 0.168. The topological polar surface area (TPSA) is 66.5 Å². The van der Waals surface area contributed by atoms with Crippen molar-refractivity contribution in [3.8, 4) is 0 Å². The minimum Gasteiger partial charge on any atom is -0.354 e. The zero-order valence-electron chi connectivity index (χ0n) is 17.7. The fraction of sp³-hybridized carbons (Fsp3) is 0.667. The van der Waals surface area contributed by atoms with Crippen molar-refractivity contribution in [3.63, 3.8) is 0 Å². The van der Waals surface area contributed by atoms with Crippen LogP contribution < -0.4 is 9.62 Å². The highest BCUT2D eigenvalue weighted by Gasteiger charge is 2.22. The summed E-state index contributed by atoms with van der Waals surface area (Å²) >= 11 is 0. The van der Waals surface area contributed by atoms with Gasteiger partial charge in [0.2, 0.25) is 15.9 Å². The number of sulfonamides is 1. The minimum absolute atomic E-state index is 0.0144. The van der Waals surface area contributed by atoms with Gasteiger partial charge in [-0.3, -0.25) is 9.10 Å². The maximum atomic E-state index is 12.4. The summed E-state index contributed by atoms with van der Waals surface area (Å²) in [7, 11) is -3.55. The molecule has 0 aliphatic heterocycles. The van der Waals surface area contributed by atoms with Crippen LogP contribution in [-0.4, -0.2) is 33.7 Å². The monoisotopic (exact) mass is 396 g/mol. The minimum atomic E-state index is -3.55. The van der Waals surface area contributed by atoms with Crippen molar-refractivity contribution in [3.05, 3.63) is 29.8 Å². The van der Waals surface area contributed by atoms with Crippen molar-refractivity contribution in [2.45, 2.75) is 65.7 Å². The zero-order valence-corrected chi connectivity index (χ0v) is 18.5. The van der Waals surface area contributed by atoms with Gasteiger partial charge in [0, 0.05) is 6.54 Å². The van der Waals surface area contributed by atoms with Crippen LogP contribution in [0.1, 0.15) is 65.9 Å². The molecule has 27 heavy (non-hydrogen) atoms. The predicted octanol–water partition coefficient (Wildman–Crippen LogP) is 4.08. The number of amides is 1. The number of hydrogen-bond donors (Lipinski definition) is 1. The SMILES string of the molecule is CCCC[C@H](CC)CNC(=O)CN(c1ccc(C(C)(C)C)cc1)S(C)(=O)=O. The average molecular weight is 397 g/mol. The molecule has 1 rings (SSSR count). The largest absolute Gasteiger partial charge is 0.354 e. The first-order valence-electron chi connectivity index (χ1n) is 9.84. The highest BCUT2D eigenvalue weighted by Crippen LogP contribution is 2.25. The van der Waals surface area contributed by atoms with E-state index in [1.54, 1.807) is 12.1 Å². The molecule has 1 amide bonds. The van der Waals surface area contributed by atoms with Gasteiger partial charge in [0.05, 0.1) is 11.9 Å². The summed E-state index contributed by atoms with van der Waals surface area (Å²) in [6, 6.07) is 7.38. The van der Waals surface area contributed by atoms with E-state index in [1.165, 1.54) is 4.31 Å². The van der Waals surface area contributed by atoms with Crippen LogP contribution in [0, 0.1) is 5.92 Å². The molecule has 0 spiro atoms. The lowest BCUT2D eigenvalue weighted by atomic mass is 9.87. The first-order valence-corrected chi connectivity index (χ1v) is 11.7. The maximum absolute atomic E-state index is 12.4. The molecule has 0 heterocycles. The average Bonchev–Trinajstić information content (AvgIpc) is 2.58. The van der Waals surface area contributed by atoms with Gasteiger partial charge in [-0.1, -0.05) is 66.0 Å². The number of hydrogen-bond acceptors (Lipinski definition) is 3. The number of nitrogens with zero attached hydrogens (tertiary/aromatic N) is 1. The van der Waals surface area contributed by atoms with Crippen LogP contribution in [0.3, 0.4) is 0 Å². The van der Waals surface area contributed by atoms with Gasteiger partial charge in [0.15, 0.2) is 0 Å². The van der Waals surface area contributed by atoms with E-state index in [2.05, 4.69) is 39.9 Å². The smallest absolute Gasteiger partial charge is 0.240 e. The molecule has 0 radical (unpaired) electrons. The quantitative estimate of drug-likeness (QED) is 0.648. The standard InChI is InChI=1S/C21H36N2O3S/c1-7-9-10-17(8-2)15-22-20(24)16-23(27(6,25)26)19-13-11-18(12-14-19)21(3,4)5/h11-14,17H,7-10,15-16H2,1-6H3,(H,22,24)/t17-/m0/s1. The third-order valence-electron chi connectivity index (χ3n) is 4.84. The van der Waals surface area contributed by atoms with Crippen molar-refractivity contribution in [1.29, 1.82) is 0 Å². The lowest BCUT2D eigenvalue weighted by molar-refractivity contribution is -0.119. The highest BCUT2D eigenvalue weighted by molar-refractivity contribution is 7.92. The summed E-state index contributed by atoms with van der Waals surface area (Å²) in [5, 5.41) is 2.91. The van der Waals surface area contributed by atoms with E-state index < -0.39 is 10.0 Å². The highest BCUT2D eigenvalue weighted by atomic mass is 32.2. The number of unbranched alkanes of at least 4 members (excludes halogenated alkanes) is 1. The van der Waals surface area contributed by atoms with Crippen LogP contribution in [0.15, 0.2) is 24.3 Å². The van der Waals surface area contributed by atoms with Gasteiger partial charge in [-0.2, -0.15) is 0 Å². The summed E-state index contributed by atoms with van der Waals surface area (Å²) in [6.07, 6.45) is 5.50. The molecule has 1 aromatic carbocycles. The molecule has 1 atom stereocenters. The molecular formula is C21H36N2O3S. The normalized spacial score (nSPS) is 13.3. The second-order valence-corrected chi connectivity index (χ2v) is 10.2. The number of carbonyl (C=O) groups is 1. The van der Waals surface area contributed by atoms with E-state index >= 15 is 0 Å². The number of carbonyl (C=O) groups excluding carboxylic acids is 1. The van der Waals surface area contributed by atoms with Crippen molar-refractivity contribution in [1.82, 2.24) is 5.32 Å². The van der Waals surface area contributed by atoms with Crippen molar-refractivity contribution in [2.24, 2.45) is 5.92 Å². The third kappa shape index (κ3) is 7.91. The van der Waals surface area contributed by atoms with E-state index in [0.29, 0.717) is 18.2 Å². The molecular weight excluding hydrogens is 360 g/mol. The molecule has 0 bridgehead atoms. The van der Waals surface area contributed by atoms with Gasteiger partial charge in [-0.25, -0.2) is 8.42 Å². The Morgan fingerprint density at radius 1 is 1.15 bits per heavy atom. The first kappa shape index (κ1) is 23.5. The zero-order chi connectivity index (χ0) is 20.7. The summed E-state index contributed by atoms with van der Waals surface area (Å²) in [5.41, 5.74) is 1.61. The Kier molecular flexibility index (Phi) is 8.79. The Hall–Kier alpha value is -1.56. The van der Waals surface area contributed by atoms with Gasteiger partial charge >= 0.3 is 0 Å². The molecule has 1 aromatic rings. The molecule has 0 unspecified atom stereocenters. The molecule has 0 aliphatic carbocycles. The van der Waals surface area contributed by atoms with Crippen molar-refractivity contribution in [2.75, 3.05) is 23.7 Å². The van der Waals surface area contributed by atoms with Gasteiger partial charge < -0.3 is 5.32 Å². The Labute approximate surface area is 165 Å². The first-order chi connectivity index (χ1) is 12.5. The molecule has 0 saturated carbocycles. The van der Waals surface area contributed by atoms with Crippen LogP contribution >= 0.6 is 0 Å². The number of nitrogens with one attached hydrogen (secondary N) is 1. The van der Waals surface area contributed by atoms with Crippen molar-refractivity contribution >= 4 is 21.6 Å². The van der Waals surface area contributed by atoms with E-state index in [9.17, 15) is 13.2 Å². The molecule has 0 fully saturated rings.